The highest BCUT2D eigenvalue weighted by Crippen LogP contribution is 2.34. The number of halogens is 3. The summed E-state index contributed by atoms with van der Waals surface area (Å²) in [5.41, 5.74) is 1.18. The highest BCUT2D eigenvalue weighted by atomic mass is 35.5. The third kappa shape index (κ3) is 2.81. The summed E-state index contributed by atoms with van der Waals surface area (Å²) in [5, 5.41) is 1.47. The Morgan fingerprint density at radius 3 is 2.47 bits per heavy atom. The van der Waals surface area contributed by atoms with Gasteiger partial charge in [-0.05, 0) is 42.9 Å². The SMILES string of the molecule is Clc1ccc(CC(Cl)C2CCC2)cc1Cl. The minimum Gasteiger partial charge on any atom is -0.122 e. The van der Waals surface area contributed by atoms with E-state index in [1.807, 2.05) is 18.2 Å². The van der Waals surface area contributed by atoms with Crippen LogP contribution in [0.3, 0.4) is 0 Å². The van der Waals surface area contributed by atoms with E-state index in [-0.39, 0.29) is 5.38 Å². The lowest BCUT2D eigenvalue weighted by Gasteiger charge is -2.29. The zero-order valence-corrected chi connectivity index (χ0v) is 10.6. The molecule has 0 nitrogen and oxygen atoms in total. The molecule has 0 saturated heterocycles. The lowest BCUT2D eigenvalue weighted by molar-refractivity contribution is 0.302. The largest absolute Gasteiger partial charge is 0.122 e. The number of benzene rings is 1. The molecule has 0 aromatic heterocycles. The van der Waals surface area contributed by atoms with Gasteiger partial charge in [0.2, 0.25) is 0 Å². The molecule has 3 heteroatoms. The van der Waals surface area contributed by atoms with E-state index in [0.29, 0.717) is 16.0 Å². The van der Waals surface area contributed by atoms with Crippen molar-refractivity contribution in [2.24, 2.45) is 5.92 Å². The Morgan fingerprint density at radius 1 is 1.20 bits per heavy atom. The molecule has 15 heavy (non-hydrogen) atoms. The van der Waals surface area contributed by atoms with Gasteiger partial charge in [-0.25, -0.2) is 0 Å². The molecule has 0 N–H and O–H groups in total. The van der Waals surface area contributed by atoms with Gasteiger partial charge in [0.15, 0.2) is 0 Å². The normalized spacial score (nSPS) is 18.6. The maximum absolute atomic E-state index is 6.33. The summed E-state index contributed by atoms with van der Waals surface area (Å²) in [4.78, 5) is 0. The Hall–Kier alpha value is 0.0900. The topological polar surface area (TPSA) is 0 Å². The summed E-state index contributed by atoms with van der Waals surface area (Å²) >= 11 is 18.1. The molecule has 0 heterocycles. The van der Waals surface area contributed by atoms with Crippen molar-refractivity contribution >= 4 is 34.8 Å². The van der Waals surface area contributed by atoms with Crippen molar-refractivity contribution in [2.45, 2.75) is 31.1 Å². The van der Waals surface area contributed by atoms with Gasteiger partial charge in [0, 0.05) is 5.38 Å². The monoisotopic (exact) mass is 262 g/mol. The van der Waals surface area contributed by atoms with E-state index in [1.54, 1.807) is 0 Å². The summed E-state index contributed by atoms with van der Waals surface area (Å²) in [6.45, 7) is 0. The van der Waals surface area contributed by atoms with Gasteiger partial charge in [-0.3, -0.25) is 0 Å². The van der Waals surface area contributed by atoms with Crippen LogP contribution >= 0.6 is 34.8 Å². The summed E-state index contributed by atoms with van der Waals surface area (Å²) in [7, 11) is 0. The summed E-state index contributed by atoms with van der Waals surface area (Å²) in [5.74, 6) is 0.695. The smallest absolute Gasteiger partial charge is 0.0595 e. The molecule has 1 aliphatic rings. The third-order valence-corrected chi connectivity index (χ3v) is 4.33. The lowest BCUT2D eigenvalue weighted by Crippen LogP contribution is -2.24. The first-order chi connectivity index (χ1) is 7.16. The molecule has 1 fully saturated rings. The fraction of sp³-hybridized carbons (Fsp3) is 0.500. The van der Waals surface area contributed by atoms with Crippen LogP contribution in [0, 0.1) is 5.92 Å². The third-order valence-electron chi connectivity index (χ3n) is 3.08. The molecular weight excluding hydrogens is 250 g/mol. The first-order valence-electron chi connectivity index (χ1n) is 5.25. The van der Waals surface area contributed by atoms with E-state index >= 15 is 0 Å². The number of hydrogen-bond donors (Lipinski definition) is 0. The summed E-state index contributed by atoms with van der Waals surface area (Å²) in [6, 6.07) is 5.75. The zero-order valence-electron chi connectivity index (χ0n) is 8.35. The zero-order chi connectivity index (χ0) is 10.8. The average molecular weight is 264 g/mol. The Balaban J connectivity index is 2.00. The molecular formula is C12H13Cl3. The molecule has 1 atom stereocenters. The molecule has 1 aromatic carbocycles. The molecule has 0 spiro atoms. The molecule has 1 aromatic rings. The Labute approximate surface area is 106 Å². The fourth-order valence-corrected chi connectivity index (χ4v) is 2.61. The van der Waals surface area contributed by atoms with Crippen LogP contribution in [0.25, 0.3) is 0 Å². The molecule has 2 rings (SSSR count). The maximum atomic E-state index is 6.33. The van der Waals surface area contributed by atoms with Crippen molar-refractivity contribution in [1.29, 1.82) is 0 Å². The molecule has 0 amide bonds. The summed E-state index contributed by atoms with van der Waals surface area (Å²) in [6.07, 6.45) is 4.77. The van der Waals surface area contributed by atoms with Gasteiger partial charge in [-0.15, -0.1) is 11.6 Å². The molecule has 1 saturated carbocycles. The average Bonchev–Trinajstić information content (AvgIpc) is 2.08. The second kappa shape index (κ2) is 4.95. The van der Waals surface area contributed by atoms with E-state index in [9.17, 15) is 0 Å². The van der Waals surface area contributed by atoms with Gasteiger partial charge in [0.25, 0.3) is 0 Å². The van der Waals surface area contributed by atoms with Gasteiger partial charge in [-0.2, -0.15) is 0 Å². The van der Waals surface area contributed by atoms with Gasteiger partial charge in [-0.1, -0.05) is 35.7 Å². The molecule has 1 unspecified atom stereocenters. The minimum atomic E-state index is 0.246. The number of hydrogen-bond acceptors (Lipinski definition) is 0. The molecule has 0 radical (unpaired) electrons. The Kier molecular flexibility index (Phi) is 3.82. The second-order valence-corrected chi connectivity index (χ2v) is 5.53. The Morgan fingerprint density at radius 2 is 1.93 bits per heavy atom. The van der Waals surface area contributed by atoms with Crippen LogP contribution in [-0.4, -0.2) is 5.38 Å². The quantitative estimate of drug-likeness (QED) is 0.677. The predicted molar refractivity (Wildman–Crippen MR) is 67.1 cm³/mol. The highest BCUT2D eigenvalue weighted by Gasteiger charge is 2.25. The highest BCUT2D eigenvalue weighted by molar-refractivity contribution is 6.42. The fourth-order valence-electron chi connectivity index (χ4n) is 1.86. The first kappa shape index (κ1) is 11.6. The van der Waals surface area contributed by atoms with E-state index in [0.717, 1.165) is 6.42 Å². The maximum Gasteiger partial charge on any atom is 0.0595 e. The number of rotatable bonds is 3. The van der Waals surface area contributed by atoms with Crippen LogP contribution in [0.15, 0.2) is 18.2 Å². The minimum absolute atomic E-state index is 0.246. The van der Waals surface area contributed by atoms with Crippen LogP contribution < -0.4 is 0 Å². The van der Waals surface area contributed by atoms with E-state index in [1.165, 1.54) is 24.8 Å². The van der Waals surface area contributed by atoms with E-state index < -0.39 is 0 Å². The Bertz CT molecular complexity index is 345. The van der Waals surface area contributed by atoms with Gasteiger partial charge >= 0.3 is 0 Å². The first-order valence-corrected chi connectivity index (χ1v) is 6.44. The van der Waals surface area contributed by atoms with Crippen molar-refractivity contribution in [3.05, 3.63) is 33.8 Å². The van der Waals surface area contributed by atoms with Gasteiger partial charge in [0.1, 0.15) is 0 Å². The van der Waals surface area contributed by atoms with Crippen molar-refractivity contribution in [1.82, 2.24) is 0 Å². The molecule has 1 aliphatic carbocycles. The van der Waals surface area contributed by atoms with Crippen LogP contribution in [-0.2, 0) is 6.42 Å². The standard InChI is InChI=1S/C12H13Cl3/c13-10-5-4-8(7-12(10)15)6-11(14)9-2-1-3-9/h4-5,7,9,11H,1-3,6H2. The molecule has 0 bridgehead atoms. The number of alkyl halides is 1. The van der Waals surface area contributed by atoms with E-state index in [2.05, 4.69) is 0 Å². The second-order valence-electron chi connectivity index (χ2n) is 4.16. The van der Waals surface area contributed by atoms with Crippen molar-refractivity contribution in [3.8, 4) is 0 Å². The molecule has 82 valence electrons. The molecule has 0 aliphatic heterocycles. The van der Waals surface area contributed by atoms with Crippen LogP contribution in [0.5, 0.6) is 0 Å². The van der Waals surface area contributed by atoms with Crippen LogP contribution in [0.1, 0.15) is 24.8 Å². The van der Waals surface area contributed by atoms with Crippen LogP contribution in [0.2, 0.25) is 10.0 Å². The van der Waals surface area contributed by atoms with Crippen molar-refractivity contribution in [3.63, 3.8) is 0 Å². The summed E-state index contributed by atoms with van der Waals surface area (Å²) < 4.78 is 0. The van der Waals surface area contributed by atoms with E-state index in [4.69, 9.17) is 34.8 Å². The van der Waals surface area contributed by atoms with Crippen LogP contribution in [0.4, 0.5) is 0 Å². The van der Waals surface area contributed by atoms with Crippen molar-refractivity contribution < 1.29 is 0 Å². The van der Waals surface area contributed by atoms with Gasteiger partial charge < -0.3 is 0 Å². The van der Waals surface area contributed by atoms with Gasteiger partial charge in [0.05, 0.1) is 10.0 Å². The predicted octanol–water partition coefficient (Wildman–Crippen LogP) is 4.94. The lowest BCUT2D eigenvalue weighted by atomic mass is 9.81. The van der Waals surface area contributed by atoms with Crippen molar-refractivity contribution in [2.75, 3.05) is 0 Å².